The second-order valence-electron chi connectivity index (χ2n) is 7.70. The third-order valence-corrected chi connectivity index (χ3v) is 7.01. The third-order valence-electron chi connectivity index (χ3n) is 5.51. The lowest BCUT2D eigenvalue weighted by atomic mass is 10.2. The average Bonchev–Trinajstić information content (AvgIpc) is 3.44. The maximum atomic E-state index is 4.41. The Labute approximate surface area is 194 Å². The van der Waals surface area contributed by atoms with Gasteiger partial charge >= 0.3 is 0 Å². The predicted octanol–water partition coefficient (Wildman–Crippen LogP) is 3.65. The molecule has 6 nitrogen and oxygen atoms in total. The second-order valence-corrected chi connectivity index (χ2v) is 9.24. The number of nitrogens with zero attached hydrogens (tertiary/aromatic N) is 4. The van der Waals surface area contributed by atoms with E-state index in [1.165, 1.54) is 37.0 Å². The molecule has 158 valence electrons. The van der Waals surface area contributed by atoms with Gasteiger partial charge < -0.3 is 15.2 Å². The van der Waals surface area contributed by atoms with E-state index < -0.39 is 0 Å². The number of aliphatic imine (C=N–C) groups is 1. The number of aromatic nitrogens is 3. The number of hydrogen-bond acceptors (Lipinski definition) is 4. The van der Waals surface area contributed by atoms with Crippen molar-refractivity contribution in [3.05, 3.63) is 42.0 Å². The van der Waals surface area contributed by atoms with Gasteiger partial charge in [0.05, 0.1) is 0 Å². The van der Waals surface area contributed by atoms with Gasteiger partial charge in [0.25, 0.3) is 0 Å². The summed E-state index contributed by atoms with van der Waals surface area (Å²) in [6, 6.07) is 10.7. The van der Waals surface area contributed by atoms with Crippen LogP contribution in [-0.2, 0) is 19.4 Å². The van der Waals surface area contributed by atoms with Gasteiger partial charge in [0, 0.05) is 49.2 Å². The molecule has 0 unspecified atom stereocenters. The van der Waals surface area contributed by atoms with Crippen LogP contribution in [0.4, 0.5) is 0 Å². The van der Waals surface area contributed by atoms with Crippen LogP contribution >= 0.6 is 35.7 Å². The molecule has 8 heteroatoms. The lowest BCUT2D eigenvalue weighted by molar-refractivity contribution is 0.600. The molecule has 1 fully saturated rings. The lowest BCUT2D eigenvalue weighted by Crippen LogP contribution is -2.42. The van der Waals surface area contributed by atoms with E-state index in [1.54, 1.807) is 0 Å². The zero-order valence-corrected chi connectivity index (χ0v) is 20.2. The molecule has 0 atom stereocenters. The number of guanidine groups is 1. The molecular weight excluding hydrogens is 495 g/mol. The summed E-state index contributed by atoms with van der Waals surface area (Å²) in [5, 5.41) is 15.8. The van der Waals surface area contributed by atoms with Gasteiger partial charge in [-0.2, -0.15) is 0 Å². The first-order chi connectivity index (χ1) is 13.8. The fourth-order valence-electron chi connectivity index (χ4n) is 3.68. The molecule has 0 saturated heterocycles. The van der Waals surface area contributed by atoms with Crippen molar-refractivity contribution in [1.82, 2.24) is 25.4 Å². The van der Waals surface area contributed by atoms with Crippen LogP contribution in [0.25, 0.3) is 0 Å². The van der Waals surface area contributed by atoms with E-state index in [0.717, 1.165) is 50.1 Å². The minimum Gasteiger partial charge on any atom is -0.356 e. The van der Waals surface area contributed by atoms with Gasteiger partial charge in [0.15, 0.2) is 5.96 Å². The quantitative estimate of drug-likeness (QED) is 0.328. The number of hydrogen-bond donors (Lipinski definition) is 2. The van der Waals surface area contributed by atoms with Gasteiger partial charge in [-0.15, -0.1) is 45.9 Å². The summed E-state index contributed by atoms with van der Waals surface area (Å²) in [5.74, 6) is 3.12. The molecule has 2 N–H and O–H groups in total. The highest BCUT2D eigenvalue weighted by Crippen LogP contribution is 2.51. The van der Waals surface area contributed by atoms with E-state index >= 15 is 0 Å². The van der Waals surface area contributed by atoms with Crippen molar-refractivity contribution in [3.63, 3.8) is 0 Å². The van der Waals surface area contributed by atoms with Crippen molar-refractivity contribution in [2.45, 2.75) is 61.1 Å². The highest BCUT2D eigenvalue weighted by atomic mass is 127. The van der Waals surface area contributed by atoms with E-state index in [1.807, 2.05) is 18.8 Å². The predicted molar refractivity (Wildman–Crippen MR) is 130 cm³/mol. The van der Waals surface area contributed by atoms with E-state index in [9.17, 15) is 0 Å². The molecule has 1 aliphatic carbocycles. The molecular formula is C21H31IN6S. The van der Waals surface area contributed by atoms with Crippen LogP contribution in [0.1, 0.15) is 43.8 Å². The summed E-state index contributed by atoms with van der Waals surface area (Å²) in [6.45, 7) is 2.81. The summed E-state index contributed by atoms with van der Waals surface area (Å²) >= 11 is 1.98. The summed E-state index contributed by atoms with van der Waals surface area (Å²) in [5.41, 5.74) is 0. The molecule has 4 rings (SSSR count). The number of aryl methyl sites for hydroxylation is 1. The van der Waals surface area contributed by atoms with Gasteiger partial charge in [-0.25, -0.2) is 0 Å². The normalized spacial score (nSPS) is 17.6. The van der Waals surface area contributed by atoms with Crippen molar-refractivity contribution in [1.29, 1.82) is 0 Å². The molecule has 0 bridgehead atoms. The maximum absolute atomic E-state index is 4.41. The largest absolute Gasteiger partial charge is 0.356 e. The van der Waals surface area contributed by atoms with Gasteiger partial charge in [-0.3, -0.25) is 4.99 Å². The molecule has 1 aliphatic heterocycles. The Morgan fingerprint density at radius 2 is 1.97 bits per heavy atom. The molecule has 0 radical (unpaired) electrons. The topological polar surface area (TPSA) is 67.1 Å². The molecule has 2 aromatic rings. The van der Waals surface area contributed by atoms with Crippen LogP contribution in [0.3, 0.4) is 0 Å². The Kier molecular flexibility index (Phi) is 8.23. The summed E-state index contributed by atoms with van der Waals surface area (Å²) in [6.07, 6.45) is 8.19. The van der Waals surface area contributed by atoms with Crippen LogP contribution < -0.4 is 10.6 Å². The molecule has 29 heavy (non-hydrogen) atoms. The zero-order valence-electron chi connectivity index (χ0n) is 17.1. The second kappa shape index (κ2) is 10.7. The Bertz CT molecular complexity index is 803. The fraction of sp³-hybridized carbons (Fsp3) is 0.571. The number of rotatable bonds is 7. The first-order valence-corrected chi connectivity index (χ1v) is 11.2. The molecule has 2 heterocycles. The summed E-state index contributed by atoms with van der Waals surface area (Å²) in [7, 11) is 1.84. The fourth-order valence-corrected chi connectivity index (χ4v) is 4.92. The monoisotopic (exact) mass is 526 g/mol. The van der Waals surface area contributed by atoms with Gasteiger partial charge in [-0.1, -0.05) is 24.6 Å². The van der Waals surface area contributed by atoms with Crippen LogP contribution in [0, 0.1) is 0 Å². The van der Waals surface area contributed by atoms with Crippen molar-refractivity contribution in [2.24, 2.45) is 4.99 Å². The van der Waals surface area contributed by atoms with Crippen LogP contribution in [0.15, 0.2) is 40.2 Å². The first kappa shape index (κ1) is 22.4. The van der Waals surface area contributed by atoms with Gasteiger partial charge in [0.2, 0.25) is 0 Å². The molecule has 1 aromatic carbocycles. The van der Waals surface area contributed by atoms with Crippen molar-refractivity contribution >= 4 is 41.7 Å². The Hall–Kier alpha value is -1.29. The molecule has 0 amide bonds. The van der Waals surface area contributed by atoms with E-state index in [0.29, 0.717) is 4.75 Å². The van der Waals surface area contributed by atoms with Crippen molar-refractivity contribution < 1.29 is 0 Å². The lowest BCUT2D eigenvalue weighted by Gasteiger charge is -2.18. The van der Waals surface area contributed by atoms with Crippen molar-refractivity contribution in [2.75, 3.05) is 20.1 Å². The maximum Gasteiger partial charge on any atom is 0.191 e. The molecule has 2 aliphatic rings. The Balaban J connectivity index is 0.00000240. The number of halogens is 1. The Morgan fingerprint density at radius 3 is 2.72 bits per heavy atom. The number of fused-ring (bicyclic) bond motifs is 1. The third kappa shape index (κ3) is 6.10. The highest BCUT2D eigenvalue weighted by Gasteiger charge is 2.43. The minimum absolute atomic E-state index is 0. The summed E-state index contributed by atoms with van der Waals surface area (Å²) < 4.78 is 2.63. The van der Waals surface area contributed by atoms with Gasteiger partial charge in [-0.05, 0) is 37.8 Å². The minimum atomic E-state index is 0. The van der Waals surface area contributed by atoms with E-state index in [2.05, 4.69) is 60.7 Å². The average molecular weight is 526 g/mol. The molecule has 0 spiro atoms. The first-order valence-electron chi connectivity index (χ1n) is 10.4. The number of thioether (sulfide) groups is 1. The molecule has 1 saturated carbocycles. The van der Waals surface area contributed by atoms with Crippen molar-refractivity contribution in [3.8, 4) is 0 Å². The number of nitrogens with one attached hydrogen (secondary N) is 2. The standard InChI is InChI=1S/C21H30N6S.HI/c1-22-20(24-16-21(12-13-21)28-17-8-4-2-5-9-17)23-14-11-19-26-25-18-10-6-3-7-15-27(18)19;/h2,4-5,8-9H,3,6-7,10-16H2,1H3,(H2,22,23,24);1H. The van der Waals surface area contributed by atoms with E-state index in [4.69, 9.17) is 0 Å². The molecule has 1 aromatic heterocycles. The van der Waals surface area contributed by atoms with E-state index in [-0.39, 0.29) is 24.0 Å². The van der Waals surface area contributed by atoms with Crippen LogP contribution in [0.5, 0.6) is 0 Å². The van der Waals surface area contributed by atoms with Crippen LogP contribution in [0.2, 0.25) is 0 Å². The Morgan fingerprint density at radius 1 is 1.14 bits per heavy atom. The highest BCUT2D eigenvalue weighted by molar-refractivity contribution is 14.0. The smallest absolute Gasteiger partial charge is 0.191 e. The summed E-state index contributed by atoms with van der Waals surface area (Å²) in [4.78, 5) is 5.73. The number of benzene rings is 1. The SMILES string of the molecule is CN=C(NCCc1nnc2n1CCCCC2)NCC1(Sc2ccccc2)CC1.I. The zero-order chi connectivity index (χ0) is 19.2. The van der Waals surface area contributed by atoms with Gasteiger partial charge in [0.1, 0.15) is 11.6 Å². The van der Waals surface area contributed by atoms with Crippen LogP contribution in [-0.4, -0.2) is 45.6 Å².